The van der Waals surface area contributed by atoms with Crippen molar-refractivity contribution in [2.45, 2.75) is 39.6 Å². The van der Waals surface area contributed by atoms with Crippen molar-refractivity contribution in [1.29, 1.82) is 5.26 Å². The van der Waals surface area contributed by atoms with E-state index in [1.54, 1.807) is 24.3 Å². The summed E-state index contributed by atoms with van der Waals surface area (Å²) in [6, 6.07) is 16.9. The van der Waals surface area contributed by atoms with Crippen LogP contribution in [0.4, 0.5) is 23.7 Å². The lowest BCUT2D eigenvalue weighted by Gasteiger charge is -2.32. The Bertz CT molecular complexity index is 1710. The quantitative estimate of drug-likeness (QED) is 0.247. The van der Waals surface area contributed by atoms with Crippen LogP contribution in [0, 0.1) is 32.1 Å². The molecule has 1 saturated heterocycles. The van der Waals surface area contributed by atoms with E-state index in [4.69, 9.17) is 0 Å². The Morgan fingerprint density at radius 3 is 2.41 bits per heavy atom. The first-order chi connectivity index (χ1) is 21.0. The maximum atomic E-state index is 13.0. The molecule has 3 aromatic carbocycles. The minimum atomic E-state index is -4.77. The van der Waals surface area contributed by atoms with Crippen molar-refractivity contribution in [1.82, 2.24) is 20.1 Å². The largest absolute Gasteiger partial charge is 0.573 e. The average Bonchev–Trinajstić information content (AvgIpc) is 3.46. The number of amidine groups is 1. The lowest BCUT2D eigenvalue weighted by atomic mass is 10.0. The highest BCUT2D eigenvalue weighted by Crippen LogP contribution is 2.32. The van der Waals surface area contributed by atoms with Crippen LogP contribution in [0.3, 0.4) is 0 Å². The summed E-state index contributed by atoms with van der Waals surface area (Å²) in [4.78, 5) is 23.7. The SMILES string of the molecule is Cc1cc(C)c(N2CCCSC2=NC(=O)NC(C#N)c2ccc(-c3ncn(-c4ccc(OC(F)(F)F)cc4)n3)cc2)c(C)c1. The number of carbonyl (C=O) groups excluding carboxylic acids is 1. The number of aryl methyl sites for hydroxylation is 3. The maximum absolute atomic E-state index is 13.0. The van der Waals surface area contributed by atoms with Crippen molar-refractivity contribution in [3.8, 4) is 28.9 Å². The predicted octanol–water partition coefficient (Wildman–Crippen LogP) is 7.03. The molecule has 1 N–H and O–H groups in total. The number of hydrogen-bond acceptors (Lipinski definition) is 6. The van der Waals surface area contributed by atoms with Gasteiger partial charge in [0.05, 0.1) is 11.8 Å². The topological polar surface area (TPSA) is 108 Å². The number of anilines is 1. The van der Waals surface area contributed by atoms with Crippen molar-refractivity contribution in [2.24, 2.45) is 4.99 Å². The molecule has 1 aliphatic heterocycles. The summed E-state index contributed by atoms with van der Waals surface area (Å²) < 4.78 is 42.6. The van der Waals surface area contributed by atoms with Crippen molar-refractivity contribution in [2.75, 3.05) is 17.2 Å². The Kier molecular flexibility index (Phi) is 8.91. The lowest BCUT2D eigenvalue weighted by molar-refractivity contribution is -0.274. The van der Waals surface area contributed by atoms with E-state index in [9.17, 15) is 23.2 Å². The van der Waals surface area contributed by atoms with Gasteiger partial charge >= 0.3 is 12.4 Å². The molecular weight excluding hydrogens is 591 g/mol. The van der Waals surface area contributed by atoms with Crippen LogP contribution < -0.4 is 15.0 Å². The highest BCUT2D eigenvalue weighted by molar-refractivity contribution is 8.14. The fraction of sp³-hybridized carbons (Fsp3) is 0.258. The summed E-state index contributed by atoms with van der Waals surface area (Å²) >= 11 is 1.51. The molecule has 226 valence electrons. The highest BCUT2D eigenvalue weighted by atomic mass is 32.2. The van der Waals surface area contributed by atoms with E-state index >= 15 is 0 Å². The van der Waals surface area contributed by atoms with Gasteiger partial charge in [-0.05, 0) is 68.1 Å². The van der Waals surface area contributed by atoms with Gasteiger partial charge in [-0.3, -0.25) is 0 Å². The fourth-order valence-electron chi connectivity index (χ4n) is 5.04. The van der Waals surface area contributed by atoms with Gasteiger partial charge in [0.1, 0.15) is 18.1 Å². The molecule has 1 fully saturated rings. The van der Waals surface area contributed by atoms with Crippen LogP contribution in [0.1, 0.15) is 34.7 Å². The number of rotatable bonds is 6. The van der Waals surface area contributed by atoms with Crippen molar-refractivity contribution in [3.63, 3.8) is 0 Å². The summed E-state index contributed by atoms with van der Waals surface area (Å²) in [6.07, 6.45) is -2.38. The van der Waals surface area contributed by atoms with Gasteiger partial charge in [-0.15, -0.1) is 18.3 Å². The molecule has 0 saturated carbocycles. The molecule has 5 rings (SSSR count). The normalized spacial score (nSPS) is 15.1. The van der Waals surface area contributed by atoms with Crippen LogP contribution in [0.2, 0.25) is 0 Å². The molecule has 13 heteroatoms. The third kappa shape index (κ3) is 7.20. The molecule has 1 unspecified atom stereocenters. The minimum Gasteiger partial charge on any atom is -0.406 e. The van der Waals surface area contributed by atoms with Gasteiger partial charge in [-0.25, -0.2) is 14.5 Å². The highest BCUT2D eigenvalue weighted by Gasteiger charge is 2.31. The van der Waals surface area contributed by atoms with Gasteiger partial charge in [0.2, 0.25) is 0 Å². The number of thioether (sulfide) groups is 1. The average molecular weight is 620 g/mol. The number of alkyl halides is 3. The molecule has 1 aliphatic rings. The number of aliphatic imine (C=N–C) groups is 1. The molecule has 1 atom stereocenters. The number of nitriles is 1. The molecule has 2 heterocycles. The van der Waals surface area contributed by atoms with E-state index in [0.717, 1.165) is 35.5 Å². The number of hydrogen-bond donors (Lipinski definition) is 1. The van der Waals surface area contributed by atoms with Gasteiger partial charge in [0, 0.05) is 23.5 Å². The summed E-state index contributed by atoms with van der Waals surface area (Å²) in [5.74, 6) is 0.873. The summed E-state index contributed by atoms with van der Waals surface area (Å²) in [5, 5.41) is 17.5. The molecule has 0 spiro atoms. The Hall–Kier alpha value is -4.83. The molecule has 9 nitrogen and oxygen atoms in total. The van der Waals surface area contributed by atoms with Crippen LogP contribution in [-0.2, 0) is 0 Å². The van der Waals surface area contributed by atoms with Crippen molar-refractivity contribution >= 4 is 28.6 Å². The predicted molar refractivity (Wildman–Crippen MR) is 163 cm³/mol. The third-order valence-electron chi connectivity index (χ3n) is 6.82. The number of halogens is 3. The van der Waals surface area contributed by atoms with Gasteiger partial charge in [-0.2, -0.15) is 10.3 Å². The number of ether oxygens (including phenoxy) is 1. The first-order valence-electron chi connectivity index (χ1n) is 13.7. The first kappa shape index (κ1) is 30.6. The number of amides is 2. The van der Waals surface area contributed by atoms with Gasteiger partial charge in [0.15, 0.2) is 11.0 Å². The van der Waals surface area contributed by atoms with Crippen LogP contribution in [0.5, 0.6) is 5.75 Å². The number of aromatic nitrogens is 3. The second-order valence-corrected chi connectivity index (χ2v) is 11.2. The summed E-state index contributed by atoms with van der Waals surface area (Å²) in [5.41, 5.74) is 6.14. The Morgan fingerprint density at radius 2 is 1.77 bits per heavy atom. The first-order valence-corrected chi connectivity index (χ1v) is 14.6. The van der Waals surface area contributed by atoms with E-state index in [2.05, 4.69) is 69.0 Å². The van der Waals surface area contributed by atoms with Gasteiger partial charge in [-0.1, -0.05) is 53.7 Å². The smallest absolute Gasteiger partial charge is 0.406 e. The van der Waals surface area contributed by atoms with Crippen molar-refractivity contribution < 1.29 is 22.7 Å². The zero-order valence-corrected chi connectivity index (χ0v) is 24.9. The summed E-state index contributed by atoms with van der Waals surface area (Å²) in [7, 11) is 0. The molecule has 1 aromatic heterocycles. The van der Waals surface area contributed by atoms with E-state index in [1.165, 1.54) is 52.6 Å². The molecular formula is C31H28F3N7O2S. The van der Waals surface area contributed by atoms with Crippen LogP contribution >= 0.6 is 11.8 Å². The lowest BCUT2D eigenvalue weighted by Crippen LogP contribution is -2.37. The zero-order valence-electron chi connectivity index (χ0n) is 24.1. The van der Waals surface area contributed by atoms with Gasteiger partial charge < -0.3 is 15.0 Å². The molecule has 0 radical (unpaired) electrons. The van der Waals surface area contributed by atoms with Gasteiger partial charge in [0.25, 0.3) is 0 Å². The fourth-order valence-corrected chi connectivity index (χ4v) is 5.98. The van der Waals surface area contributed by atoms with E-state index in [-0.39, 0.29) is 5.75 Å². The number of nitrogens with one attached hydrogen (secondary N) is 1. The summed E-state index contributed by atoms with van der Waals surface area (Å²) in [6.45, 7) is 6.90. The van der Waals surface area contributed by atoms with E-state index in [1.807, 2.05) is 0 Å². The number of nitrogens with zero attached hydrogens (tertiary/aromatic N) is 6. The monoisotopic (exact) mass is 619 g/mol. The standard InChI is InChI=1S/C31H28F3N7O2S/c1-19-15-20(2)27(21(3)16-19)40-13-4-14-44-30(40)38-29(42)37-26(17-35)22-5-7-23(8-6-22)28-36-18-41(39-28)24-9-11-25(12-10-24)43-31(32,33)34/h5-12,15-16,18,26H,4,13-14H2,1-3H3,(H,37,42). The second kappa shape index (κ2) is 12.8. The molecule has 44 heavy (non-hydrogen) atoms. The zero-order chi connectivity index (χ0) is 31.4. The Balaban J connectivity index is 1.27. The molecule has 4 aromatic rings. The molecule has 0 aliphatic carbocycles. The minimum absolute atomic E-state index is 0.339. The molecule has 2 amide bonds. The van der Waals surface area contributed by atoms with E-state index in [0.29, 0.717) is 27.8 Å². The van der Waals surface area contributed by atoms with Crippen LogP contribution in [0.15, 0.2) is 72.0 Å². The van der Waals surface area contributed by atoms with Crippen LogP contribution in [0.25, 0.3) is 17.1 Å². The molecule has 0 bridgehead atoms. The van der Waals surface area contributed by atoms with E-state index < -0.39 is 18.4 Å². The van der Waals surface area contributed by atoms with Crippen LogP contribution in [-0.4, -0.2) is 44.6 Å². The third-order valence-corrected chi connectivity index (χ3v) is 7.88. The maximum Gasteiger partial charge on any atom is 0.573 e. The Labute approximate surface area is 256 Å². The second-order valence-electron chi connectivity index (χ2n) is 10.2. The Morgan fingerprint density at radius 1 is 1.09 bits per heavy atom. The number of benzene rings is 3. The number of urea groups is 1. The number of carbonyl (C=O) groups is 1. The van der Waals surface area contributed by atoms with Crippen molar-refractivity contribution in [3.05, 3.63) is 89.2 Å².